The molecule has 5 nitrogen and oxygen atoms in total. The summed E-state index contributed by atoms with van der Waals surface area (Å²) < 4.78 is 19.1. The van der Waals surface area contributed by atoms with E-state index in [2.05, 4.69) is 29.7 Å². The van der Waals surface area contributed by atoms with Crippen molar-refractivity contribution in [2.24, 2.45) is 5.92 Å². The Kier molecular flexibility index (Phi) is 6.52. The SMILES string of the molecule is CC1c2ccc(OCc3cccc(F)c3)cc2C2CNCC12.CCNC(=O)O. The van der Waals surface area contributed by atoms with Crippen molar-refractivity contribution in [3.8, 4) is 5.75 Å². The molecule has 1 aliphatic heterocycles. The molecule has 3 atom stereocenters. The molecule has 2 aliphatic rings. The van der Waals surface area contributed by atoms with Crippen LogP contribution in [0.2, 0.25) is 0 Å². The quantitative estimate of drug-likeness (QED) is 0.740. The summed E-state index contributed by atoms with van der Waals surface area (Å²) in [6.45, 7) is 7.11. The molecule has 0 bridgehead atoms. The van der Waals surface area contributed by atoms with Gasteiger partial charge in [0.15, 0.2) is 0 Å². The summed E-state index contributed by atoms with van der Waals surface area (Å²) >= 11 is 0. The van der Waals surface area contributed by atoms with Crippen molar-refractivity contribution < 1.29 is 19.0 Å². The number of nitrogens with one attached hydrogen (secondary N) is 2. The lowest BCUT2D eigenvalue weighted by Crippen LogP contribution is -2.19. The number of fused-ring (bicyclic) bond motifs is 3. The lowest BCUT2D eigenvalue weighted by molar-refractivity contribution is 0.195. The van der Waals surface area contributed by atoms with Crippen LogP contribution in [0.3, 0.4) is 0 Å². The largest absolute Gasteiger partial charge is 0.489 e. The summed E-state index contributed by atoms with van der Waals surface area (Å²) in [5, 5.41) is 13.4. The number of hydrogen-bond donors (Lipinski definition) is 3. The van der Waals surface area contributed by atoms with Gasteiger partial charge in [0.2, 0.25) is 0 Å². The highest BCUT2D eigenvalue weighted by atomic mass is 19.1. The number of ether oxygens (including phenoxy) is 1. The Morgan fingerprint density at radius 2 is 2.07 bits per heavy atom. The Morgan fingerprint density at radius 1 is 1.25 bits per heavy atom. The summed E-state index contributed by atoms with van der Waals surface area (Å²) in [6.07, 6.45) is -0.961. The van der Waals surface area contributed by atoms with Gasteiger partial charge >= 0.3 is 6.09 Å². The van der Waals surface area contributed by atoms with Gasteiger partial charge < -0.3 is 20.5 Å². The molecular weight excluding hydrogens is 359 g/mol. The van der Waals surface area contributed by atoms with E-state index in [9.17, 15) is 9.18 Å². The number of carbonyl (C=O) groups is 1. The predicted octanol–water partition coefficient (Wildman–Crippen LogP) is 4.10. The van der Waals surface area contributed by atoms with Crippen LogP contribution in [-0.2, 0) is 6.61 Å². The van der Waals surface area contributed by atoms with E-state index in [4.69, 9.17) is 9.84 Å². The number of rotatable bonds is 4. The summed E-state index contributed by atoms with van der Waals surface area (Å²) in [5.74, 6) is 2.61. The molecule has 0 saturated carbocycles. The molecule has 2 aromatic carbocycles. The second-order valence-corrected chi connectivity index (χ2v) is 7.26. The maximum Gasteiger partial charge on any atom is 0.404 e. The monoisotopic (exact) mass is 386 g/mol. The lowest BCUT2D eigenvalue weighted by atomic mass is 9.91. The molecule has 0 aromatic heterocycles. The van der Waals surface area contributed by atoms with Crippen molar-refractivity contribution in [3.63, 3.8) is 0 Å². The van der Waals surface area contributed by atoms with Gasteiger partial charge in [0.25, 0.3) is 0 Å². The molecule has 4 rings (SSSR count). The first-order valence-electron chi connectivity index (χ1n) is 9.68. The molecular formula is C22H27FN2O3. The standard InChI is InChI=1S/C19H20FNO.C3H7NO2/c1-12-16-6-5-15(8-17(16)19-10-21-9-18(12)19)22-11-13-3-2-4-14(20)7-13;1-2-4-3(5)6/h2-8,12,18-19,21H,9-11H2,1H3;4H,2H2,1H3,(H,5,6). The van der Waals surface area contributed by atoms with Crippen molar-refractivity contribution in [3.05, 3.63) is 65.0 Å². The van der Waals surface area contributed by atoms with E-state index in [1.165, 1.54) is 23.3 Å². The maximum atomic E-state index is 13.2. The highest BCUT2D eigenvalue weighted by Gasteiger charge is 2.41. The van der Waals surface area contributed by atoms with Crippen molar-refractivity contribution in [1.82, 2.24) is 10.6 Å². The Balaban J connectivity index is 0.000000330. The molecule has 1 fully saturated rings. The molecule has 3 unspecified atom stereocenters. The van der Waals surface area contributed by atoms with E-state index >= 15 is 0 Å². The van der Waals surface area contributed by atoms with Crippen LogP contribution in [0.1, 0.15) is 42.4 Å². The fourth-order valence-corrected chi connectivity index (χ4v) is 4.12. The zero-order valence-corrected chi connectivity index (χ0v) is 16.2. The molecule has 1 heterocycles. The van der Waals surface area contributed by atoms with Gasteiger partial charge in [0, 0.05) is 19.0 Å². The average Bonchev–Trinajstić information content (AvgIpc) is 3.24. The van der Waals surface area contributed by atoms with Crippen LogP contribution in [0.15, 0.2) is 42.5 Å². The number of hydrogen-bond acceptors (Lipinski definition) is 3. The fourth-order valence-electron chi connectivity index (χ4n) is 4.12. The molecule has 1 saturated heterocycles. The minimum atomic E-state index is -0.961. The minimum Gasteiger partial charge on any atom is -0.489 e. The van der Waals surface area contributed by atoms with E-state index < -0.39 is 6.09 Å². The van der Waals surface area contributed by atoms with Gasteiger partial charge in [-0.05, 0) is 66.3 Å². The highest BCUT2D eigenvalue weighted by molar-refractivity contribution is 5.64. The van der Waals surface area contributed by atoms with Gasteiger partial charge in [-0.3, -0.25) is 0 Å². The van der Waals surface area contributed by atoms with Crippen LogP contribution in [0, 0.1) is 11.7 Å². The van der Waals surface area contributed by atoms with E-state index in [-0.39, 0.29) is 5.82 Å². The number of carboxylic acid groups (broad SMARTS) is 1. The molecule has 28 heavy (non-hydrogen) atoms. The van der Waals surface area contributed by atoms with Crippen LogP contribution < -0.4 is 15.4 Å². The Hall–Kier alpha value is -2.60. The molecule has 0 radical (unpaired) electrons. The Labute approximate surface area is 164 Å². The van der Waals surface area contributed by atoms with Gasteiger partial charge in [0.1, 0.15) is 18.2 Å². The highest BCUT2D eigenvalue weighted by Crippen LogP contribution is 2.48. The first kappa shape index (κ1) is 20.1. The molecule has 150 valence electrons. The van der Waals surface area contributed by atoms with Crippen LogP contribution in [-0.4, -0.2) is 30.8 Å². The van der Waals surface area contributed by atoms with Gasteiger partial charge in [-0.2, -0.15) is 0 Å². The van der Waals surface area contributed by atoms with Gasteiger partial charge in [-0.1, -0.05) is 25.1 Å². The number of halogens is 1. The second kappa shape index (κ2) is 9.06. The summed E-state index contributed by atoms with van der Waals surface area (Å²) in [7, 11) is 0. The lowest BCUT2D eigenvalue weighted by Gasteiger charge is -2.12. The van der Waals surface area contributed by atoms with Gasteiger partial charge in [0.05, 0.1) is 0 Å². The van der Waals surface area contributed by atoms with Crippen molar-refractivity contribution >= 4 is 6.09 Å². The summed E-state index contributed by atoms with van der Waals surface area (Å²) in [4.78, 5) is 9.49. The molecule has 6 heteroatoms. The van der Waals surface area contributed by atoms with E-state index in [1.54, 1.807) is 13.0 Å². The Bertz CT molecular complexity index is 827. The number of amides is 1. The average molecular weight is 386 g/mol. The second-order valence-electron chi connectivity index (χ2n) is 7.26. The zero-order chi connectivity index (χ0) is 20.1. The van der Waals surface area contributed by atoms with Crippen molar-refractivity contribution in [1.29, 1.82) is 0 Å². The van der Waals surface area contributed by atoms with Crippen LogP contribution in [0.5, 0.6) is 5.75 Å². The van der Waals surface area contributed by atoms with Crippen LogP contribution >= 0.6 is 0 Å². The van der Waals surface area contributed by atoms with E-state index in [0.29, 0.717) is 30.9 Å². The van der Waals surface area contributed by atoms with E-state index in [1.807, 2.05) is 12.1 Å². The van der Waals surface area contributed by atoms with Crippen molar-refractivity contribution in [2.75, 3.05) is 19.6 Å². The van der Waals surface area contributed by atoms with Gasteiger partial charge in [-0.25, -0.2) is 9.18 Å². The molecule has 3 N–H and O–H groups in total. The molecule has 2 aromatic rings. The first-order chi connectivity index (χ1) is 13.5. The van der Waals surface area contributed by atoms with Crippen LogP contribution in [0.4, 0.5) is 9.18 Å². The normalized spacial score (nSPS) is 21.9. The maximum absolute atomic E-state index is 13.2. The smallest absolute Gasteiger partial charge is 0.404 e. The first-order valence-corrected chi connectivity index (χ1v) is 9.68. The fraction of sp³-hybridized carbons (Fsp3) is 0.409. The third-order valence-electron chi connectivity index (χ3n) is 5.47. The Morgan fingerprint density at radius 3 is 2.75 bits per heavy atom. The van der Waals surface area contributed by atoms with E-state index in [0.717, 1.165) is 24.4 Å². The van der Waals surface area contributed by atoms with Crippen LogP contribution in [0.25, 0.3) is 0 Å². The molecule has 1 amide bonds. The number of benzene rings is 2. The summed E-state index contributed by atoms with van der Waals surface area (Å²) in [6, 6.07) is 13.0. The zero-order valence-electron chi connectivity index (χ0n) is 16.2. The minimum absolute atomic E-state index is 0.219. The third kappa shape index (κ3) is 4.62. The summed E-state index contributed by atoms with van der Waals surface area (Å²) in [5.41, 5.74) is 3.75. The third-order valence-corrected chi connectivity index (χ3v) is 5.47. The predicted molar refractivity (Wildman–Crippen MR) is 106 cm³/mol. The molecule has 0 spiro atoms. The van der Waals surface area contributed by atoms with Gasteiger partial charge in [-0.15, -0.1) is 0 Å². The molecule has 1 aliphatic carbocycles. The van der Waals surface area contributed by atoms with Crippen molar-refractivity contribution in [2.45, 2.75) is 32.3 Å². The topological polar surface area (TPSA) is 70.6 Å².